The fourth-order valence-electron chi connectivity index (χ4n) is 1.62. The lowest BCUT2D eigenvalue weighted by Gasteiger charge is -2.06. The molecular formula is C12H12FN3O3. The Hall–Kier alpha value is -2.44. The Balaban J connectivity index is 2.23. The molecule has 0 aliphatic heterocycles. The SMILES string of the molecule is Cc1cnc(CNc2cc(C)c(F)cc2[N+](=O)[O-])o1. The molecule has 0 fully saturated rings. The van der Waals surface area contributed by atoms with Gasteiger partial charge in [-0.3, -0.25) is 10.1 Å². The Morgan fingerprint density at radius 3 is 2.79 bits per heavy atom. The fraction of sp³-hybridized carbons (Fsp3) is 0.250. The quantitative estimate of drug-likeness (QED) is 0.679. The molecule has 0 spiro atoms. The summed E-state index contributed by atoms with van der Waals surface area (Å²) in [5, 5.41) is 13.7. The minimum Gasteiger partial charge on any atom is -0.444 e. The summed E-state index contributed by atoms with van der Waals surface area (Å²) in [6.45, 7) is 3.49. The Labute approximate surface area is 108 Å². The van der Waals surface area contributed by atoms with Crippen LogP contribution in [0.4, 0.5) is 15.8 Å². The molecule has 0 saturated carbocycles. The van der Waals surface area contributed by atoms with E-state index in [1.54, 1.807) is 20.0 Å². The summed E-state index contributed by atoms with van der Waals surface area (Å²) in [5.41, 5.74) is 0.253. The maximum atomic E-state index is 13.3. The van der Waals surface area contributed by atoms with Gasteiger partial charge in [0, 0.05) is 0 Å². The third kappa shape index (κ3) is 2.87. The molecule has 2 rings (SSSR count). The Morgan fingerprint density at radius 1 is 1.47 bits per heavy atom. The highest BCUT2D eigenvalue weighted by molar-refractivity contribution is 5.62. The zero-order valence-electron chi connectivity index (χ0n) is 10.4. The molecule has 6 nitrogen and oxygen atoms in total. The maximum Gasteiger partial charge on any atom is 0.295 e. The van der Waals surface area contributed by atoms with E-state index in [1.165, 1.54) is 6.07 Å². The fourth-order valence-corrected chi connectivity index (χ4v) is 1.62. The van der Waals surface area contributed by atoms with Gasteiger partial charge in [-0.15, -0.1) is 0 Å². The van der Waals surface area contributed by atoms with Crippen molar-refractivity contribution in [1.82, 2.24) is 4.98 Å². The first kappa shape index (κ1) is 13.0. The van der Waals surface area contributed by atoms with Gasteiger partial charge in [0.1, 0.15) is 17.3 Å². The normalized spacial score (nSPS) is 10.5. The molecule has 0 aliphatic carbocycles. The zero-order valence-corrected chi connectivity index (χ0v) is 10.4. The summed E-state index contributed by atoms with van der Waals surface area (Å²) in [7, 11) is 0. The van der Waals surface area contributed by atoms with Gasteiger partial charge in [0.2, 0.25) is 5.89 Å². The Morgan fingerprint density at radius 2 is 2.21 bits per heavy atom. The van der Waals surface area contributed by atoms with Crippen LogP contribution in [0.3, 0.4) is 0 Å². The number of aromatic nitrogens is 1. The van der Waals surface area contributed by atoms with E-state index in [1.807, 2.05) is 0 Å². The number of nitro groups is 1. The summed E-state index contributed by atoms with van der Waals surface area (Å²) in [6.07, 6.45) is 1.56. The molecule has 1 heterocycles. The van der Waals surface area contributed by atoms with Crippen LogP contribution in [0.1, 0.15) is 17.2 Å². The number of hydrogen-bond acceptors (Lipinski definition) is 5. The number of hydrogen-bond donors (Lipinski definition) is 1. The first-order valence-corrected chi connectivity index (χ1v) is 5.57. The Bertz CT molecular complexity index is 625. The van der Waals surface area contributed by atoms with E-state index in [2.05, 4.69) is 10.3 Å². The zero-order chi connectivity index (χ0) is 14.0. The van der Waals surface area contributed by atoms with Crippen molar-refractivity contribution < 1.29 is 13.7 Å². The Kier molecular flexibility index (Phi) is 3.46. The van der Waals surface area contributed by atoms with E-state index in [0.717, 1.165) is 6.07 Å². The summed E-state index contributed by atoms with van der Waals surface area (Å²) in [4.78, 5) is 14.2. The second-order valence-corrected chi connectivity index (χ2v) is 4.09. The number of anilines is 1. The third-order valence-corrected chi connectivity index (χ3v) is 2.57. The number of oxazole rings is 1. The smallest absolute Gasteiger partial charge is 0.295 e. The predicted octanol–water partition coefficient (Wildman–Crippen LogP) is 2.95. The van der Waals surface area contributed by atoms with Gasteiger partial charge in [-0.25, -0.2) is 9.37 Å². The number of aryl methyl sites for hydroxylation is 2. The summed E-state index contributed by atoms with van der Waals surface area (Å²) < 4.78 is 18.6. The van der Waals surface area contributed by atoms with E-state index in [-0.39, 0.29) is 17.9 Å². The molecule has 1 aromatic carbocycles. The van der Waals surface area contributed by atoms with Crippen molar-refractivity contribution in [2.24, 2.45) is 0 Å². The van der Waals surface area contributed by atoms with Crippen LogP contribution in [0.5, 0.6) is 0 Å². The molecule has 0 bridgehead atoms. The van der Waals surface area contributed by atoms with E-state index < -0.39 is 10.7 Å². The van der Waals surface area contributed by atoms with Gasteiger partial charge in [0.25, 0.3) is 5.69 Å². The minimum absolute atomic E-state index is 0.194. The van der Waals surface area contributed by atoms with Crippen LogP contribution < -0.4 is 5.32 Å². The van der Waals surface area contributed by atoms with E-state index in [9.17, 15) is 14.5 Å². The van der Waals surface area contributed by atoms with Crippen molar-refractivity contribution >= 4 is 11.4 Å². The second kappa shape index (κ2) is 5.05. The van der Waals surface area contributed by atoms with Gasteiger partial charge < -0.3 is 9.73 Å². The largest absolute Gasteiger partial charge is 0.444 e. The van der Waals surface area contributed by atoms with E-state index >= 15 is 0 Å². The average Bonchev–Trinajstić information content (AvgIpc) is 2.76. The molecule has 7 heteroatoms. The molecule has 1 aromatic heterocycles. The molecule has 0 atom stereocenters. The molecule has 2 aromatic rings. The van der Waals surface area contributed by atoms with Gasteiger partial charge in [0.05, 0.1) is 23.7 Å². The van der Waals surface area contributed by atoms with Crippen LogP contribution in [-0.2, 0) is 6.54 Å². The lowest BCUT2D eigenvalue weighted by Crippen LogP contribution is -2.04. The number of benzene rings is 1. The van der Waals surface area contributed by atoms with Gasteiger partial charge in [-0.2, -0.15) is 0 Å². The van der Waals surface area contributed by atoms with Crippen molar-refractivity contribution in [2.45, 2.75) is 20.4 Å². The van der Waals surface area contributed by atoms with Gasteiger partial charge in [-0.1, -0.05) is 0 Å². The molecule has 1 N–H and O–H groups in total. The second-order valence-electron chi connectivity index (χ2n) is 4.09. The highest BCUT2D eigenvalue weighted by Crippen LogP contribution is 2.27. The standard InChI is InChI=1S/C12H12FN3O3/c1-7-3-10(11(16(17)18)4-9(7)13)14-6-12-15-5-8(2)19-12/h3-5,14H,6H2,1-2H3. The molecular weight excluding hydrogens is 253 g/mol. The van der Waals surface area contributed by atoms with Crippen molar-refractivity contribution in [2.75, 3.05) is 5.32 Å². The highest BCUT2D eigenvalue weighted by Gasteiger charge is 2.17. The van der Waals surface area contributed by atoms with Crippen LogP contribution in [0, 0.1) is 29.8 Å². The first-order valence-electron chi connectivity index (χ1n) is 5.57. The molecule has 0 aliphatic rings. The number of nitro benzene ring substituents is 1. The third-order valence-electron chi connectivity index (χ3n) is 2.57. The lowest BCUT2D eigenvalue weighted by molar-refractivity contribution is -0.384. The van der Waals surface area contributed by atoms with Crippen LogP contribution in [0.25, 0.3) is 0 Å². The van der Waals surface area contributed by atoms with Crippen molar-refractivity contribution in [3.8, 4) is 0 Å². The number of nitrogens with zero attached hydrogens (tertiary/aromatic N) is 2. The summed E-state index contributed by atoms with van der Waals surface area (Å²) in [6, 6.07) is 2.29. The van der Waals surface area contributed by atoms with Gasteiger partial charge in [-0.05, 0) is 25.5 Å². The van der Waals surface area contributed by atoms with Crippen molar-refractivity contribution in [3.05, 3.63) is 51.5 Å². The number of halogens is 1. The molecule has 0 unspecified atom stereocenters. The average molecular weight is 265 g/mol. The number of nitrogens with one attached hydrogen (secondary N) is 1. The predicted molar refractivity (Wildman–Crippen MR) is 66.4 cm³/mol. The van der Waals surface area contributed by atoms with E-state index in [4.69, 9.17) is 4.42 Å². The van der Waals surface area contributed by atoms with Crippen LogP contribution in [0.15, 0.2) is 22.7 Å². The molecule has 0 radical (unpaired) electrons. The van der Waals surface area contributed by atoms with Crippen LogP contribution >= 0.6 is 0 Å². The number of rotatable bonds is 4. The molecule has 0 amide bonds. The van der Waals surface area contributed by atoms with Crippen molar-refractivity contribution in [1.29, 1.82) is 0 Å². The monoisotopic (exact) mass is 265 g/mol. The molecule has 100 valence electrons. The molecule has 19 heavy (non-hydrogen) atoms. The van der Waals surface area contributed by atoms with Crippen LogP contribution in [0.2, 0.25) is 0 Å². The minimum atomic E-state index is -0.633. The van der Waals surface area contributed by atoms with Gasteiger partial charge in [0.15, 0.2) is 0 Å². The lowest BCUT2D eigenvalue weighted by atomic mass is 10.2. The summed E-state index contributed by atoms with van der Waals surface area (Å²) >= 11 is 0. The van der Waals surface area contributed by atoms with Gasteiger partial charge >= 0.3 is 0 Å². The van der Waals surface area contributed by atoms with Crippen molar-refractivity contribution in [3.63, 3.8) is 0 Å². The van der Waals surface area contributed by atoms with E-state index in [0.29, 0.717) is 17.2 Å². The molecule has 0 saturated heterocycles. The van der Waals surface area contributed by atoms with Crippen LogP contribution in [-0.4, -0.2) is 9.91 Å². The maximum absolute atomic E-state index is 13.3. The summed E-state index contributed by atoms with van der Waals surface area (Å²) in [5.74, 6) is 0.458. The highest BCUT2D eigenvalue weighted by atomic mass is 19.1. The first-order chi connectivity index (χ1) is 8.97. The topological polar surface area (TPSA) is 81.2 Å².